The molecule has 2 fully saturated rings. The van der Waals surface area contributed by atoms with E-state index in [1.165, 1.54) is 0 Å². The Labute approximate surface area is 95.4 Å². The molecule has 1 amide bonds. The van der Waals surface area contributed by atoms with Crippen LogP contribution in [0.15, 0.2) is 0 Å². The first-order valence-electron chi connectivity index (χ1n) is 5.75. The lowest BCUT2D eigenvalue weighted by Gasteiger charge is -2.45. The van der Waals surface area contributed by atoms with Crippen molar-refractivity contribution in [2.45, 2.75) is 24.9 Å². The van der Waals surface area contributed by atoms with Gasteiger partial charge in [-0.3, -0.25) is 4.79 Å². The molecule has 2 aliphatic heterocycles. The van der Waals surface area contributed by atoms with E-state index < -0.39 is 0 Å². The van der Waals surface area contributed by atoms with E-state index in [1.54, 1.807) is 4.90 Å². The summed E-state index contributed by atoms with van der Waals surface area (Å²) in [5.41, 5.74) is -0.158. The maximum absolute atomic E-state index is 11.7. The van der Waals surface area contributed by atoms with Crippen molar-refractivity contribution in [1.29, 1.82) is 5.26 Å². The molecule has 1 N–H and O–H groups in total. The van der Waals surface area contributed by atoms with Gasteiger partial charge in [0.05, 0.1) is 18.3 Å². The average Bonchev–Trinajstić information content (AvgIpc) is 2.30. The van der Waals surface area contributed by atoms with Crippen LogP contribution >= 0.6 is 0 Å². The Morgan fingerprint density at radius 3 is 2.94 bits per heavy atom. The van der Waals surface area contributed by atoms with Gasteiger partial charge in [0.25, 0.3) is 0 Å². The monoisotopic (exact) mass is 223 g/mol. The molecule has 0 unspecified atom stereocenters. The molecule has 2 heterocycles. The van der Waals surface area contributed by atoms with Crippen LogP contribution in [0.4, 0.5) is 0 Å². The standard InChI is InChI=1S/C11H17N3O2/c12-4-1-10(15)14-7-8-16-11(9-14)2-5-13-6-3-11/h13H,1-3,5-9H2. The molecule has 1 spiro atoms. The Hall–Kier alpha value is -1.12. The molecular formula is C11H17N3O2. The van der Waals surface area contributed by atoms with E-state index in [0.717, 1.165) is 25.9 Å². The molecule has 2 saturated heterocycles. The van der Waals surface area contributed by atoms with Gasteiger partial charge in [0.2, 0.25) is 5.91 Å². The SMILES string of the molecule is N#CCC(=O)N1CCOC2(CCNCC2)C1. The van der Waals surface area contributed by atoms with Crippen molar-refractivity contribution >= 4 is 5.91 Å². The van der Waals surface area contributed by atoms with Gasteiger partial charge in [0.1, 0.15) is 6.42 Å². The quantitative estimate of drug-likeness (QED) is 0.673. The number of carbonyl (C=O) groups is 1. The van der Waals surface area contributed by atoms with Crippen LogP contribution in [0.5, 0.6) is 0 Å². The summed E-state index contributed by atoms with van der Waals surface area (Å²) in [4.78, 5) is 13.4. The van der Waals surface area contributed by atoms with E-state index in [-0.39, 0.29) is 17.9 Å². The molecular weight excluding hydrogens is 206 g/mol. The summed E-state index contributed by atoms with van der Waals surface area (Å²) in [6.07, 6.45) is 1.88. The molecule has 0 aromatic heterocycles. The van der Waals surface area contributed by atoms with Crippen LogP contribution in [-0.4, -0.2) is 49.2 Å². The van der Waals surface area contributed by atoms with Gasteiger partial charge in [-0.25, -0.2) is 0 Å². The Balaban J connectivity index is 1.98. The summed E-state index contributed by atoms with van der Waals surface area (Å²) in [5, 5.41) is 11.8. The number of hydrogen-bond acceptors (Lipinski definition) is 4. The third-order valence-corrected chi connectivity index (χ3v) is 3.35. The number of carbonyl (C=O) groups excluding carboxylic acids is 1. The maximum atomic E-state index is 11.7. The lowest BCUT2D eigenvalue weighted by molar-refractivity contribution is -0.154. The van der Waals surface area contributed by atoms with Crippen molar-refractivity contribution in [2.75, 3.05) is 32.8 Å². The van der Waals surface area contributed by atoms with E-state index in [9.17, 15) is 4.79 Å². The number of nitriles is 1. The summed E-state index contributed by atoms with van der Waals surface area (Å²) in [5.74, 6) is -0.0660. The molecule has 5 heteroatoms. The van der Waals surface area contributed by atoms with Gasteiger partial charge < -0.3 is 15.0 Å². The first-order valence-corrected chi connectivity index (χ1v) is 5.75. The van der Waals surface area contributed by atoms with Crippen molar-refractivity contribution in [3.8, 4) is 6.07 Å². The second-order valence-corrected chi connectivity index (χ2v) is 4.43. The normalized spacial score (nSPS) is 24.1. The molecule has 0 bridgehead atoms. The van der Waals surface area contributed by atoms with Gasteiger partial charge >= 0.3 is 0 Å². The van der Waals surface area contributed by atoms with Crippen molar-refractivity contribution in [3.05, 3.63) is 0 Å². The molecule has 5 nitrogen and oxygen atoms in total. The van der Waals surface area contributed by atoms with E-state index >= 15 is 0 Å². The first-order chi connectivity index (χ1) is 7.76. The second kappa shape index (κ2) is 4.81. The fourth-order valence-corrected chi connectivity index (χ4v) is 2.42. The second-order valence-electron chi connectivity index (χ2n) is 4.43. The van der Waals surface area contributed by atoms with Gasteiger partial charge in [0, 0.05) is 13.1 Å². The number of piperidine rings is 1. The fourth-order valence-electron chi connectivity index (χ4n) is 2.42. The number of nitrogens with one attached hydrogen (secondary N) is 1. The molecule has 2 rings (SSSR count). The molecule has 0 saturated carbocycles. The van der Waals surface area contributed by atoms with Crippen LogP contribution in [0, 0.1) is 11.3 Å². The molecule has 0 atom stereocenters. The highest BCUT2D eigenvalue weighted by Gasteiger charge is 2.38. The van der Waals surface area contributed by atoms with Crippen molar-refractivity contribution in [1.82, 2.24) is 10.2 Å². The molecule has 88 valence electrons. The maximum Gasteiger partial charge on any atom is 0.236 e. The number of nitrogens with zero attached hydrogens (tertiary/aromatic N) is 2. The number of morpholine rings is 1. The molecule has 16 heavy (non-hydrogen) atoms. The molecule has 2 aliphatic rings. The van der Waals surface area contributed by atoms with Crippen LogP contribution in [-0.2, 0) is 9.53 Å². The fraction of sp³-hybridized carbons (Fsp3) is 0.818. The van der Waals surface area contributed by atoms with Crippen molar-refractivity contribution in [2.24, 2.45) is 0 Å². The number of hydrogen-bond donors (Lipinski definition) is 1. The Morgan fingerprint density at radius 2 is 2.25 bits per heavy atom. The van der Waals surface area contributed by atoms with Crippen LogP contribution in [0.3, 0.4) is 0 Å². The smallest absolute Gasteiger partial charge is 0.236 e. The number of rotatable bonds is 1. The zero-order chi connectivity index (χ0) is 11.4. The number of ether oxygens (including phenoxy) is 1. The summed E-state index contributed by atoms with van der Waals surface area (Å²) >= 11 is 0. The average molecular weight is 223 g/mol. The lowest BCUT2D eigenvalue weighted by Crippen LogP contribution is -2.57. The van der Waals surface area contributed by atoms with E-state index in [0.29, 0.717) is 19.7 Å². The van der Waals surface area contributed by atoms with E-state index in [1.807, 2.05) is 6.07 Å². The van der Waals surface area contributed by atoms with Crippen LogP contribution in [0.1, 0.15) is 19.3 Å². The van der Waals surface area contributed by atoms with E-state index in [2.05, 4.69) is 5.32 Å². The Bertz CT molecular complexity index is 299. The van der Waals surface area contributed by atoms with Crippen LogP contribution < -0.4 is 5.32 Å². The predicted molar refractivity (Wildman–Crippen MR) is 57.6 cm³/mol. The topological polar surface area (TPSA) is 65.4 Å². The highest BCUT2D eigenvalue weighted by Crippen LogP contribution is 2.27. The van der Waals surface area contributed by atoms with Crippen LogP contribution in [0.2, 0.25) is 0 Å². The van der Waals surface area contributed by atoms with Gasteiger partial charge in [-0.15, -0.1) is 0 Å². The van der Waals surface area contributed by atoms with Gasteiger partial charge in [-0.05, 0) is 25.9 Å². The van der Waals surface area contributed by atoms with Gasteiger partial charge in [-0.2, -0.15) is 5.26 Å². The van der Waals surface area contributed by atoms with Gasteiger partial charge in [0.15, 0.2) is 0 Å². The summed E-state index contributed by atoms with van der Waals surface area (Å²) in [6, 6.07) is 1.91. The lowest BCUT2D eigenvalue weighted by atomic mass is 9.90. The van der Waals surface area contributed by atoms with Crippen molar-refractivity contribution in [3.63, 3.8) is 0 Å². The minimum absolute atomic E-state index is 0.0195. The van der Waals surface area contributed by atoms with Crippen LogP contribution in [0.25, 0.3) is 0 Å². The molecule has 0 radical (unpaired) electrons. The summed E-state index contributed by atoms with van der Waals surface area (Å²) < 4.78 is 5.85. The summed E-state index contributed by atoms with van der Waals surface area (Å²) in [6.45, 7) is 3.75. The zero-order valence-corrected chi connectivity index (χ0v) is 9.37. The first kappa shape index (κ1) is 11.4. The molecule has 0 aromatic carbocycles. The summed E-state index contributed by atoms with van der Waals surface area (Å²) in [7, 11) is 0. The third kappa shape index (κ3) is 2.34. The molecule has 0 aromatic rings. The third-order valence-electron chi connectivity index (χ3n) is 3.35. The zero-order valence-electron chi connectivity index (χ0n) is 9.37. The van der Waals surface area contributed by atoms with Gasteiger partial charge in [-0.1, -0.05) is 0 Å². The van der Waals surface area contributed by atoms with E-state index in [4.69, 9.17) is 10.00 Å². The Kier molecular flexibility index (Phi) is 3.42. The highest BCUT2D eigenvalue weighted by atomic mass is 16.5. The largest absolute Gasteiger partial charge is 0.371 e. The minimum Gasteiger partial charge on any atom is -0.371 e. The highest BCUT2D eigenvalue weighted by molar-refractivity contribution is 5.78. The van der Waals surface area contributed by atoms with Crippen molar-refractivity contribution < 1.29 is 9.53 Å². The minimum atomic E-state index is -0.158. The predicted octanol–water partition coefficient (Wildman–Crippen LogP) is -0.119. The molecule has 0 aliphatic carbocycles. The Morgan fingerprint density at radius 1 is 1.50 bits per heavy atom. The number of amides is 1.